The smallest absolute Gasteiger partial charge is 0.312 e. The second-order valence-electron chi connectivity index (χ2n) is 5.18. The first-order valence-corrected chi connectivity index (χ1v) is 8.64. The van der Waals surface area contributed by atoms with Crippen LogP contribution in [0.5, 0.6) is 0 Å². The van der Waals surface area contributed by atoms with Gasteiger partial charge in [0.25, 0.3) is 0 Å². The van der Waals surface area contributed by atoms with Crippen molar-refractivity contribution in [1.29, 1.82) is 0 Å². The van der Waals surface area contributed by atoms with Crippen molar-refractivity contribution in [3.05, 3.63) is 32.2 Å². The molecule has 2 atom stereocenters. The van der Waals surface area contributed by atoms with Crippen molar-refractivity contribution < 1.29 is 19.8 Å². The maximum atomic E-state index is 10.6. The minimum Gasteiger partial charge on any atom is -0.481 e. The molecule has 6 nitrogen and oxygen atoms in total. The van der Waals surface area contributed by atoms with Gasteiger partial charge < -0.3 is 10.2 Å². The van der Waals surface area contributed by atoms with Gasteiger partial charge >= 0.3 is 11.9 Å². The van der Waals surface area contributed by atoms with Gasteiger partial charge in [-0.1, -0.05) is 0 Å². The van der Waals surface area contributed by atoms with Gasteiger partial charge in [-0.25, -0.2) is 9.97 Å². The summed E-state index contributed by atoms with van der Waals surface area (Å²) in [6, 6.07) is 0. The van der Waals surface area contributed by atoms with Gasteiger partial charge in [0.05, 0.1) is 22.4 Å². The second-order valence-corrected chi connectivity index (χ2v) is 7.06. The van der Waals surface area contributed by atoms with Crippen LogP contribution in [0.2, 0.25) is 0 Å². The molecule has 2 aliphatic rings. The van der Waals surface area contributed by atoms with Crippen molar-refractivity contribution in [3.63, 3.8) is 0 Å². The largest absolute Gasteiger partial charge is 0.481 e. The van der Waals surface area contributed by atoms with Crippen molar-refractivity contribution in [2.45, 2.75) is 37.5 Å². The number of nitrogens with zero attached hydrogens (tertiary/aromatic N) is 2. The quantitative estimate of drug-likeness (QED) is 0.872. The van der Waals surface area contributed by atoms with Crippen LogP contribution in [0.15, 0.2) is 11.0 Å². The SMILES string of the molecule is O=C(O)[C@@H]1CCc2scnc21.O=C(O)[C@H]1CCc2scnc21. The first kappa shape index (κ1) is 15.1. The summed E-state index contributed by atoms with van der Waals surface area (Å²) in [5, 5.41) is 17.5. The molecule has 0 saturated carbocycles. The van der Waals surface area contributed by atoms with Crippen LogP contribution < -0.4 is 0 Å². The fourth-order valence-corrected chi connectivity index (χ4v) is 4.50. The molecule has 0 saturated heterocycles. The number of fused-ring (bicyclic) bond motifs is 2. The van der Waals surface area contributed by atoms with E-state index in [9.17, 15) is 9.59 Å². The van der Waals surface area contributed by atoms with Crippen LogP contribution in [-0.2, 0) is 22.4 Å². The Bertz CT molecular complexity index is 649. The van der Waals surface area contributed by atoms with E-state index in [1.165, 1.54) is 0 Å². The Balaban J connectivity index is 0.000000131. The molecule has 0 aromatic carbocycles. The highest BCUT2D eigenvalue weighted by Crippen LogP contribution is 2.35. The fraction of sp³-hybridized carbons (Fsp3) is 0.429. The second kappa shape index (κ2) is 6.13. The van der Waals surface area contributed by atoms with Crippen LogP contribution in [-0.4, -0.2) is 32.1 Å². The average molecular weight is 338 g/mol. The highest BCUT2D eigenvalue weighted by molar-refractivity contribution is 7.10. The number of aromatic nitrogens is 2. The van der Waals surface area contributed by atoms with Crippen LogP contribution in [0.1, 0.15) is 45.8 Å². The molecule has 116 valence electrons. The molecule has 2 aromatic rings. The summed E-state index contributed by atoms with van der Waals surface area (Å²) in [6.07, 6.45) is 3.22. The lowest BCUT2D eigenvalue weighted by Gasteiger charge is -1.99. The molecule has 0 unspecified atom stereocenters. The minimum absolute atomic E-state index is 0.337. The van der Waals surface area contributed by atoms with Crippen LogP contribution in [0, 0.1) is 0 Å². The van der Waals surface area contributed by atoms with Gasteiger partial charge in [-0.15, -0.1) is 22.7 Å². The Labute approximate surface area is 134 Å². The number of thiazole rings is 2. The molecule has 2 N–H and O–H groups in total. The third-order valence-corrected chi connectivity index (χ3v) is 5.74. The first-order chi connectivity index (χ1) is 10.6. The summed E-state index contributed by atoms with van der Waals surface area (Å²) in [6.45, 7) is 0. The van der Waals surface area contributed by atoms with E-state index in [1.807, 2.05) is 0 Å². The lowest BCUT2D eigenvalue weighted by Crippen LogP contribution is -2.08. The third-order valence-electron chi connectivity index (χ3n) is 3.92. The molecular weight excluding hydrogens is 324 g/mol. The summed E-state index contributed by atoms with van der Waals surface area (Å²) in [5.74, 6) is -2.16. The lowest BCUT2D eigenvalue weighted by atomic mass is 10.1. The van der Waals surface area contributed by atoms with E-state index < -0.39 is 11.9 Å². The number of carbonyl (C=O) groups is 2. The number of rotatable bonds is 2. The Hall–Kier alpha value is -1.80. The zero-order valence-corrected chi connectivity index (χ0v) is 13.2. The molecule has 4 rings (SSSR count). The zero-order valence-electron chi connectivity index (χ0n) is 11.6. The molecule has 2 aliphatic carbocycles. The molecule has 0 aliphatic heterocycles. The van der Waals surface area contributed by atoms with E-state index in [0.717, 1.165) is 46.8 Å². The highest BCUT2D eigenvalue weighted by atomic mass is 32.1. The minimum atomic E-state index is -0.741. The van der Waals surface area contributed by atoms with Crippen LogP contribution in [0.3, 0.4) is 0 Å². The van der Waals surface area contributed by atoms with E-state index in [2.05, 4.69) is 9.97 Å². The molecule has 0 spiro atoms. The molecule has 0 radical (unpaired) electrons. The summed E-state index contributed by atoms with van der Waals surface area (Å²) in [4.78, 5) is 31.6. The van der Waals surface area contributed by atoms with Crippen molar-refractivity contribution in [2.75, 3.05) is 0 Å². The average Bonchev–Trinajstić information content (AvgIpc) is 3.19. The summed E-state index contributed by atoms with van der Waals surface area (Å²) < 4.78 is 0. The maximum Gasteiger partial charge on any atom is 0.312 e. The normalized spacial score (nSPS) is 21.6. The van der Waals surface area contributed by atoms with Gasteiger partial charge in [-0.3, -0.25) is 9.59 Å². The standard InChI is InChI=1S/2C7H7NO2S/c2*9-7(10)4-1-2-5-6(4)8-3-11-5/h2*3-4H,1-2H2,(H,9,10)/t2*4-/m10/s1. The molecule has 0 amide bonds. The monoisotopic (exact) mass is 338 g/mol. The molecular formula is C14H14N2O4S2. The molecule has 0 bridgehead atoms. The predicted molar refractivity (Wildman–Crippen MR) is 81.6 cm³/mol. The number of aliphatic carboxylic acids is 2. The maximum absolute atomic E-state index is 10.6. The summed E-state index contributed by atoms with van der Waals surface area (Å²) in [5.41, 5.74) is 5.03. The highest BCUT2D eigenvalue weighted by Gasteiger charge is 2.31. The van der Waals surface area contributed by atoms with Crippen molar-refractivity contribution in [1.82, 2.24) is 9.97 Å². The Morgan fingerprint density at radius 2 is 1.32 bits per heavy atom. The van der Waals surface area contributed by atoms with Gasteiger partial charge in [0.1, 0.15) is 11.8 Å². The summed E-state index contributed by atoms with van der Waals surface area (Å²) >= 11 is 3.12. The lowest BCUT2D eigenvalue weighted by molar-refractivity contribution is -0.139. The van der Waals surface area contributed by atoms with E-state index in [0.29, 0.717) is 0 Å². The van der Waals surface area contributed by atoms with Crippen molar-refractivity contribution in [2.24, 2.45) is 0 Å². The van der Waals surface area contributed by atoms with Crippen LogP contribution in [0.4, 0.5) is 0 Å². The van der Waals surface area contributed by atoms with Gasteiger partial charge in [0.2, 0.25) is 0 Å². The van der Waals surface area contributed by atoms with E-state index in [1.54, 1.807) is 33.7 Å². The Kier molecular flexibility index (Phi) is 4.21. The van der Waals surface area contributed by atoms with Crippen LogP contribution in [0.25, 0.3) is 0 Å². The summed E-state index contributed by atoms with van der Waals surface area (Å²) in [7, 11) is 0. The number of carboxylic acids is 2. The van der Waals surface area contributed by atoms with Crippen LogP contribution >= 0.6 is 22.7 Å². The molecule has 22 heavy (non-hydrogen) atoms. The topological polar surface area (TPSA) is 100 Å². The van der Waals surface area contributed by atoms with Gasteiger partial charge in [0.15, 0.2) is 0 Å². The molecule has 2 aromatic heterocycles. The number of hydrogen-bond donors (Lipinski definition) is 2. The zero-order chi connectivity index (χ0) is 15.7. The molecule has 8 heteroatoms. The van der Waals surface area contributed by atoms with E-state index >= 15 is 0 Å². The van der Waals surface area contributed by atoms with Gasteiger partial charge in [0, 0.05) is 9.75 Å². The number of carboxylic acid groups (broad SMARTS) is 2. The number of aryl methyl sites for hydroxylation is 2. The first-order valence-electron chi connectivity index (χ1n) is 6.88. The van der Waals surface area contributed by atoms with Gasteiger partial charge in [-0.05, 0) is 25.7 Å². The van der Waals surface area contributed by atoms with E-state index in [4.69, 9.17) is 10.2 Å². The van der Waals surface area contributed by atoms with Gasteiger partial charge in [-0.2, -0.15) is 0 Å². The number of hydrogen-bond acceptors (Lipinski definition) is 6. The van der Waals surface area contributed by atoms with E-state index in [-0.39, 0.29) is 11.8 Å². The Morgan fingerprint density at radius 3 is 1.68 bits per heavy atom. The molecule has 2 heterocycles. The van der Waals surface area contributed by atoms with Crippen molar-refractivity contribution in [3.8, 4) is 0 Å². The fourth-order valence-electron chi connectivity index (χ4n) is 2.81. The third kappa shape index (κ3) is 2.76. The predicted octanol–water partition coefficient (Wildman–Crippen LogP) is 2.52. The molecule has 0 fully saturated rings. The Morgan fingerprint density at radius 1 is 0.909 bits per heavy atom. The van der Waals surface area contributed by atoms with Crippen molar-refractivity contribution >= 4 is 34.6 Å².